The summed E-state index contributed by atoms with van der Waals surface area (Å²) in [7, 11) is -2.78. The van der Waals surface area contributed by atoms with Gasteiger partial charge >= 0.3 is 5.97 Å². The molecule has 2 N–H and O–H groups in total. The van der Waals surface area contributed by atoms with Crippen molar-refractivity contribution in [1.29, 1.82) is 0 Å². The summed E-state index contributed by atoms with van der Waals surface area (Å²) in [6.45, 7) is 3.21. The molecule has 0 aliphatic rings. The first-order valence-electron chi connectivity index (χ1n) is 6.37. The molecule has 0 spiro atoms. The molecule has 21 heavy (non-hydrogen) atoms. The molecule has 6 nitrogen and oxygen atoms in total. The van der Waals surface area contributed by atoms with Crippen molar-refractivity contribution in [3.05, 3.63) is 23.5 Å². The minimum atomic E-state index is -4.05. The Kier molecular flexibility index (Phi) is 5.68. The highest BCUT2D eigenvalue weighted by Gasteiger charge is 2.26. The lowest BCUT2D eigenvalue weighted by Crippen LogP contribution is -2.30. The molecule has 0 fully saturated rings. The normalized spacial score (nSPS) is 11.7. The number of nitrogens with zero attached hydrogens (tertiary/aromatic N) is 1. The van der Waals surface area contributed by atoms with Crippen LogP contribution in [0, 0.1) is 12.7 Å². The molecule has 0 saturated carbocycles. The fourth-order valence-electron chi connectivity index (χ4n) is 1.72. The Morgan fingerprint density at radius 3 is 2.62 bits per heavy atom. The van der Waals surface area contributed by atoms with E-state index in [0.717, 1.165) is 10.4 Å². The van der Waals surface area contributed by atoms with Gasteiger partial charge in [-0.1, -0.05) is 0 Å². The zero-order valence-corrected chi connectivity index (χ0v) is 13.0. The summed E-state index contributed by atoms with van der Waals surface area (Å²) in [5, 5.41) is 0. The molecule has 0 saturated heterocycles. The fourth-order valence-corrected chi connectivity index (χ4v) is 3.06. The number of hydrogen-bond donors (Lipinski definition) is 1. The Balaban J connectivity index is 2.98. The maximum Gasteiger partial charge on any atom is 0.307 e. The van der Waals surface area contributed by atoms with Crippen molar-refractivity contribution in [2.24, 2.45) is 0 Å². The lowest BCUT2D eigenvalue weighted by Gasteiger charge is -2.18. The third-order valence-corrected chi connectivity index (χ3v) is 4.72. The minimum absolute atomic E-state index is 0.103. The zero-order chi connectivity index (χ0) is 16.2. The first kappa shape index (κ1) is 17.4. The summed E-state index contributed by atoms with van der Waals surface area (Å²) in [6.07, 6.45) is -0.105. The number of aryl methyl sites for hydroxylation is 1. The summed E-state index contributed by atoms with van der Waals surface area (Å²) in [5.74, 6) is -1.35. The summed E-state index contributed by atoms with van der Waals surface area (Å²) in [6, 6.07) is 2.42. The lowest BCUT2D eigenvalue weighted by molar-refractivity contribution is -0.143. The van der Waals surface area contributed by atoms with E-state index in [1.54, 1.807) is 6.92 Å². The smallest absolute Gasteiger partial charge is 0.307 e. The van der Waals surface area contributed by atoms with E-state index in [1.165, 1.54) is 20.0 Å². The monoisotopic (exact) mass is 318 g/mol. The number of carbonyl (C=O) groups excluding carboxylic acids is 1. The molecule has 1 aromatic carbocycles. The third kappa shape index (κ3) is 4.15. The van der Waals surface area contributed by atoms with Crippen LogP contribution in [-0.4, -0.2) is 38.9 Å². The number of hydrogen-bond acceptors (Lipinski definition) is 5. The largest absolute Gasteiger partial charge is 0.466 e. The van der Waals surface area contributed by atoms with E-state index in [2.05, 4.69) is 0 Å². The summed E-state index contributed by atoms with van der Waals surface area (Å²) < 4.78 is 44.2. The topological polar surface area (TPSA) is 89.7 Å². The second kappa shape index (κ2) is 6.86. The van der Waals surface area contributed by atoms with Crippen molar-refractivity contribution < 1.29 is 22.3 Å². The van der Waals surface area contributed by atoms with Crippen LogP contribution in [0.3, 0.4) is 0 Å². The Morgan fingerprint density at radius 1 is 1.43 bits per heavy atom. The van der Waals surface area contributed by atoms with Crippen molar-refractivity contribution >= 4 is 21.7 Å². The van der Waals surface area contributed by atoms with Gasteiger partial charge in [-0.3, -0.25) is 4.79 Å². The van der Waals surface area contributed by atoms with Crippen LogP contribution in [0.4, 0.5) is 10.1 Å². The standard InChI is InChI=1S/C13H19FN2O4S/c1-4-20-12(17)5-6-16(3)21(18,19)11-8-10(15)7-9(2)13(11)14/h7-8H,4-6,15H2,1-3H3. The van der Waals surface area contributed by atoms with Crippen LogP contribution in [0.15, 0.2) is 17.0 Å². The van der Waals surface area contributed by atoms with Crippen molar-refractivity contribution in [3.63, 3.8) is 0 Å². The predicted molar refractivity (Wildman–Crippen MR) is 76.6 cm³/mol. The molecular weight excluding hydrogens is 299 g/mol. The van der Waals surface area contributed by atoms with E-state index in [4.69, 9.17) is 10.5 Å². The Hall–Kier alpha value is -1.67. The molecule has 0 unspecified atom stereocenters. The molecule has 0 radical (unpaired) electrons. The fraction of sp³-hybridized carbons (Fsp3) is 0.462. The van der Waals surface area contributed by atoms with Gasteiger partial charge in [-0.25, -0.2) is 17.1 Å². The molecule has 0 aliphatic carbocycles. The third-order valence-electron chi connectivity index (χ3n) is 2.87. The van der Waals surface area contributed by atoms with Crippen LogP contribution in [0.5, 0.6) is 0 Å². The van der Waals surface area contributed by atoms with Crippen molar-refractivity contribution in [1.82, 2.24) is 4.31 Å². The molecule has 0 aliphatic heterocycles. The molecule has 0 bridgehead atoms. The number of anilines is 1. The number of esters is 1. The summed E-state index contributed by atoms with van der Waals surface area (Å²) >= 11 is 0. The Morgan fingerprint density at radius 2 is 2.05 bits per heavy atom. The van der Waals surface area contributed by atoms with E-state index in [0.29, 0.717) is 0 Å². The number of ether oxygens (including phenoxy) is 1. The van der Waals surface area contributed by atoms with Crippen molar-refractivity contribution in [3.8, 4) is 0 Å². The Bertz CT molecular complexity index is 631. The number of nitrogens with two attached hydrogens (primary N) is 1. The number of nitrogen functional groups attached to an aromatic ring is 1. The number of sulfonamides is 1. The van der Waals surface area contributed by atoms with Gasteiger partial charge in [-0.15, -0.1) is 0 Å². The van der Waals surface area contributed by atoms with Gasteiger partial charge in [-0.05, 0) is 31.5 Å². The maximum absolute atomic E-state index is 14.0. The first-order chi connectivity index (χ1) is 9.70. The second-order valence-corrected chi connectivity index (χ2v) is 6.54. The van der Waals surface area contributed by atoms with Gasteiger partial charge in [-0.2, -0.15) is 0 Å². The number of halogens is 1. The van der Waals surface area contributed by atoms with Gasteiger partial charge in [0.05, 0.1) is 13.0 Å². The number of rotatable bonds is 6. The maximum atomic E-state index is 14.0. The van der Waals surface area contributed by atoms with Crippen LogP contribution < -0.4 is 5.73 Å². The summed E-state index contributed by atoms with van der Waals surface area (Å²) in [5.41, 5.74) is 5.87. The van der Waals surface area contributed by atoms with Crippen molar-refractivity contribution in [2.45, 2.75) is 25.2 Å². The quantitative estimate of drug-likeness (QED) is 0.630. The van der Waals surface area contributed by atoms with Gasteiger partial charge in [0.15, 0.2) is 0 Å². The Labute approximate surface area is 123 Å². The molecule has 0 heterocycles. The second-order valence-electron chi connectivity index (χ2n) is 4.53. The van der Waals surface area contributed by atoms with Crippen LogP contribution >= 0.6 is 0 Å². The van der Waals surface area contributed by atoms with Gasteiger partial charge in [0.2, 0.25) is 10.0 Å². The van der Waals surface area contributed by atoms with Gasteiger partial charge in [0.1, 0.15) is 10.7 Å². The predicted octanol–water partition coefficient (Wildman–Crippen LogP) is 1.29. The summed E-state index contributed by atoms with van der Waals surface area (Å²) in [4.78, 5) is 10.8. The molecule has 0 aromatic heterocycles. The molecule has 0 atom stereocenters. The molecule has 1 rings (SSSR count). The van der Waals surface area contributed by atoms with Gasteiger partial charge in [0, 0.05) is 19.3 Å². The van der Waals surface area contributed by atoms with E-state index in [1.807, 2.05) is 0 Å². The first-order valence-corrected chi connectivity index (χ1v) is 7.81. The number of carbonyl (C=O) groups is 1. The van der Waals surface area contributed by atoms with Crippen LogP contribution in [0.25, 0.3) is 0 Å². The minimum Gasteiger partial charge on any atom is -0.466 e. The molecule has 8 heteroatoms. The highest BCUT2D eigenvalue weighted by molar-refractivity contribution is 7.89. The van der Waals surface area contributed by atoms with Gasteiger partial charge in [0.25, 0.3) is 0 Å². The van der Waals surface area contributed by atoms with Gasteiger partial charge < -0.3 is 10.5 Å². The van der Waals surface area contributed by atoms with E-state index in [9.17, 15) is 17.6 Å². The van der Waals surface area contributed by atoms with Crippen LogP contribution in [0.1, 0.15) is 18.9 Å². The van der Waals surface area contributed by atoms with Crippen LogP contribution in [-0.2, 0) is 19.6 Å². The molecular formula is C13H19FN2O4S. The number of benzene rings is 1. The highest BCUT2D eigenvalue weighted by Crippen LogP contribution is 2.24. The molecule has 118 valence electrons. The van der Waals surface area contributed by atoms with E-state index in [-0.39, 0.29) is 30.8 Å². The highest BCUT2D eigenvalue weighted by atomic mass is 32.2. The lowest BCUT2D eigenvalue weighted by atomic mass is 10.2. The zero-order valence-electron chi connectivity index (χ0n) is 12.2. The van der Waals surface area contributed by atoms with Crippen LogP contribution in [0.2, 0.25) is 0 Å². The molecule has 1 aromatic rings. The molecule has 0 amide bonds. The average molecular weight is 318 g/mol. The van der Waals surface area contributed by atoms with E-state index < -0.39 is 26.7 Å². The SMILES string of the molecule is CCOC(=O)CCN(C)S(=O)(=O)c1cc(N)cc(C)c1F. The van der Waals surface area contributed by atoms with E-state index >= 15 is 0 Å². The van der Waals surface area contributed by atoms with Crippen molar-refractivity contribution in [2.75, 3.05) is 25.9 Å². The average Bonchev–Trinajstić information content (AvgIpc) is 2.40.